The summed E-state index contributed by atoms with van der Waals surface area (Å²) in [5.74, 6) is 0. The molecule has 0 bridgehead atoms. The lowest BCUT2D eigenvalue weighted by atomic mass is 9.98. The first-order chi connectivity index (χ1) is 8.88. The van der Waals surface area contributed by atoms with Gasteiger partial charge in [0.05, 0.1) is 11.9 Å². The number of rotatable bonds is 3. The maximum Gasteiger partial charge on any atom is 0.0697 e. The molecule has 0 aliphatic carbocycles. The van der Waals surface area contributed by atoms with E-state index in [2.05, 4.69) is 68.3 Å². The van der Waals surface area contributed by atoms with E-state index < -0.39 is 0 Å². The van der Waals surface area contributed by atoms with Crippen molar-refractivity contribution < 1.29 is 0 Å². The monoisotopic (exact) mass is 257 g/mol. The third kappa shape index (κ3) is 3.24. The van der Waals surface area contributed by atoms with Gasteiger partial charge in [-0.3, -0.25) is 5.10 Å². The first-order valence-corrected chi connectivity index (χ1v) is 6.72. The molecule has 0 amide bonds. The summed E-state index contributed by atoms with van der Waals surface area (Å²) in [6.07, 6.45) is 1.91. The van der Waals surface area contributed by atoms with Crippen LogP contribution >= 0.6 is 0 Å². The van der Waals surface area contributed by atoms with Gasteiger partial charge in [-0.2, -0.15) is 5.10 Å². The average molecular weight is 257 g/mol. The topological polar surface area (TPSA) is 40.7 Å². The van der Waals surface area contributed by atoms with Crippen molar-refractivity contribution in [1.29, 1.82) is 0 Å². The number of H-pyrrole nitrogens is 1. The molecule has 2 rings (SSSR count). The van der Waals surface area contributed by atoms with Gasteiger partial charge >= 0.3 is 0 Å². The van der Waals surface area contributed by atoms with Crippen LogP contribution in [0.4, 0.5) is 0 Å². The maximum atomic E-state index is 4.20. The highest BCUT2D eigenvalue weighted by atomic mass is 15.1. The van der Waals surface area contributed by atoms with E-state index in [1.807, 2.05) is 6.20 Å². The van der Waals surface area contributed by atoms with E-state index in [0.717, 1.165) is 12.2 Å². The summed E-state index contributed by atoms with van der Waals surface area (Å²) in [5.41, 5.74) is 6.30. The average Bonchev–Trinajstić information content (AvgIpc) is 2.77. The maximum absolute atomic E-state index is 4.20. The Kier molecular flexibility index (Phi) is 3.76. The first kappa shape index (κ1) is 13.8. The van der Waals surface area contributed by atoms with Crippen LogP contribution in [0.3, 0.4) is 0 Å². The molecule has 0 fully saturated rings. The number of aromatic amines is 1. The predicted molar refractivity (Wildman–Crippen MR) is 80.1 cm³/mol. The molecule has 0 unspecified atom stereocenters. The van der Waals surface area contributed by atoms with Gasteiger partial charge in [0.15, 0.2) is 0 Å². The highest BCUT2D eigenvalue weighted by Crippen LogP contribution is 2.26. The summed E-state index contributed by atoms with van der Waals surface area (Å²) in [7, 11) is 0. The van der Waals surface area contributed by atoms with Gasteiger partial charge in [-0.15, -0.1) is 0 Å². The molecule has 19 heavy (non-hydrogen) atoms. The van der Waals surface area contributed by atoms with Crippen molar-refractivity contribution in [1.82, 2.24) is 15.5 Å². The Morgan fingerprint density at radius 3 is 2.63 bits per heavy atom. The summed E-state index contributed by atoms with van der Waals surface area (Å²) in [5, 5.41) is 10.8. The van der Waals surface area contributed by atoms with Crippen molar-refractivity contribution in [2.45, 2.75) is 46.7 Å². The Hall–Kier alpha value is -1.61. The molecule has 0 aliphatic rings. The second-order valence-electron chi connectivity index (χ2n) is 6.12. The molecule has 1 aromatic heterocycles. The number of aryl methyl sites for hydroxylation is 1. The minimum Gasteiger partial charge on any atom is -0.308 e. The second kappa shape index (κ2) is 5.17. The molecule has 102 valence electrons. The van der Waals surface area contributed by atoms with Crippen molar-refractivity contribution in [3.05, 3.63) is 41.1 Å². The fourth-order valence-corrected chi connectivity index (χ4v) is 2.06. The standard InChI is InChI=1S/C16H23N3/c1-11-7-6-8-14(12(11)2)15-13(10-18-19-15)9-17-16(3,4)5/h6-8,10,17H,9H2,1-5H3,(H,18,19). The molecule has 2 N–H and O–H groups in total. The van der Waals surface area contributed by atoms with Gasteiger partial charge in [-0.05, 0) is 45.7 Å². The number of hydrogen-bond acceptors (Lipinski definition) is 2. The van der Waals surface area contributed by atoms with Crippen LogP contribution in [0.15, 0.2) is 24.4 Å². The van der Waals surface area contributed by atoms with Crippen LogP contribution in [-0.2, 0) is 6.54 Å². The lowest BCUT2D eigenvalue weighted by molar-refractivity contribution is 0.424. The molecule has 3 nitrogen and oxygen atoms in total. The van der Waals surface area contributed by atoms with Crippen molar-refractivity contribution in [2.75, 3.05) is 0 Å². The fraction of sp³-hybridized carbons (Fsp3) is 0.438. The molecule has 0 saturated carbocycles. The van der Waals surface area contributed by atoms with Crippen LogP contribution in [0.1, 0.15) is 37.5 Å². The van der Waals surface area contributed by atoms with Crippen molar-refractivity contribution in [3.8, 4) is 11.3 Å². The number of hydrogen-bond donors (Lipinski definition) is 2. The normalized spacial score (nSPS) is 11.8. The molecule has 2 aromatic rings. The third-order valence-electron chi connectivity index (χ3n) is 3.40. The van der Waals surface area contributed by atoms with E-state index in [1.54, 1.807) is 0 Å². The van der Waals surface area contributed by atoms with Crippen molar-refractivity contribution in [3.63, 3.8) is 0 Å². The number of benzene rings is 1. The van der Waals surface area contributed by atoms with Crippen LogP contribution in [0, 0.1) is 13.8 Å². The van der Waals surface area contributed by atoms with E-state index in [1.165, 1.54) is 22.3 Å². The molecule has 0 saturated heterocycles. The predicted octanol–water partition coefficient (Wildman–Crippen LogP) is 3.58. The van der Waals surface area contributed by atoms with Gasteiger partial charge < -0.3 is 5.32 Å². The molecule has 0 radical (unpaired) electrons. The number of nitrogens with zero attached hydrogens (tertiary/aromatic N) is 1. The summed E-state index contributed by atoms with van der Waals surface area (Å²) in [6.45, 7) is 11.6. The van der Waals surface area contributed by atoms with Crippen LogP contribution in [-0.4, -0.2) is 15.7 Å². The first-order valence-electron chi connectivity index (χ1n) is 6.72. The Labute approximate surface area is 115 Å². The molecule has 0 aliphatic heterocycles. The largest absolute Gasteiger partial charge is 0.308 e. The zero-order valence-corrected chi connectivity index (χ0v) is 12.5. The summed E-state index contributed by atoms with van der Waals surface area (Å²) < 4.78 is 0. The van der Waals surface area contributed by atoms with Gasteiger partial charge in [-0.25, -0.2) is 0 Å². The Morgan fingerprint density at radius 1 is 1.21 bits per heavy atom. The van der Waals surface area contributed by atoms with E-state index in [0.29, 0.717) is 0 Å². The number of nitrogens with one attached hydrogen (secondary N) is 2. The third-order valence-corrected chi connectivity index (χ3v) is 3.40. The fourth-order valence-electron chi connectivity index (χ4n) is 2.06. The lowest BCUT2D eigenvalue weighted by Gasteiger charge is -2.20. The minimum atomic E-state index is 0.107. The van der Waals surface area contributed by atoms with E-state index in [-0.39, 0.29) is 5.54 Å². The van der Waals surface area contributed by atoms with Crippen LogP contribution in [0.5, 0.6) is 0 Å². The minimum absolute atomic E-state index is 0.107. The Balaban J connectivity index is 2.31. The molecular weight excluding hydrogens is 234 g/mol. The highest BCUT2D eigenvalue weighted by Gasteiger charge is 2.14. The van der Waals surface area contributed by atoms with Gasteiger partial charge in [-0.1, -0.05) is 18.2 Å². The smallest absolute Gasteiger partial charge is 0.0697 e. The van der Waals surface area contributed by atoms with Gasteiger partial charge in [0, 0.05) is 23.2 Å². The van der Waals surface area contributed by atoms with Crippen LogP contribution < -0.4 is 5.32 Å². The van der Waals surface area contributed by atoms with Gasteiger partial charge in [0.1, 0.15) is 0 Å². The van der Waals surface area contributed by atoms with Crippen molar-refractivity contribution in [2.24, 2.45) is 0 Å². The van der Waals surface area contributed by atoms with E-state index in [9.17, 15) is 0 Å². The molecule has 0 spiro atoms. The SMILES string of the molecule is Cc1cccc(-c2[nH]ncc2CNC(C)(C)C)c1C. The highest BCUT2D eigenvalue weighted by molar-refractivity contribution is 5.67. The quantitative estimate of drug-likeness (QED) is 0.882. The van der Waals surface area contributed by atoms with Gasteiger partial charge in [0.25, 0.3) is 0 Å². The zero-order chi connectivity index (χ0) is 14.0. The zero-order valence-electron chi connectivity index (χ0n) is 12.5. The Morgan fingerprint density at radius 2 is 1.95 bits per heavy atom. The van der Waals surface area contributed by atoms with Gasteiger partial charge in [0.2, 0.25) is 0 Å². The van der Waals surface area contributed by atoms with E-state index in [4.69, 9.17) is 0 Å². The molecular formula is C16H23N3. The van der Waals surface area contributed by atoms with Crippen LogP contribution in [0.25, 0.3) is 11.3 Å². The summed E-state index contributed by atoms with van der Waals surface area (Å²) in [4.78, 5) is 0. The van der Waals surface area contributed by atoms with Crippen molar-refractivity contribution >= 4 is 0 Å². The summed E-state index contributed by atoms with van der Waals surface area (Å²) >= 11 is 0. The molecule has 1 heterocycles. The lowest BCUT2D eigenvalue weighted by Crippen LogP contribution is -2.35. The molecule has 3 heteroatoms. The molecule has 0 atom stereocenters. The Bertz CT molecular complexity index is 562. The van der Waals surface area contributed by atoms with E-state index >= 15 is 0 Å². The second-order valence-corrected chi connectivity index (χ2v) is 6.12. The van der Waals surface area contributed by atoms with Crippen LogP contribution in [0.2, 0.25) is 0 Å². The molecule has 1 aromatic carbocycles. The summed E-state index contributed by atoms with van der Waals surface area (Å²) in [6, 6.07) is 6.39. The number of aromatic nitrogens is 2.